The molecule has 2 aliphatic rings. The SMILES string of the molecule is CCC1(CC)C[C@@H](CCN2CCN(c3ccccc3C#N)CC2)OC1=O. The van der Waals surface area contributed by atoms with Crippen molar-refractivity contribution in [3.05, 3.63) is 29.8 Å². The summed E-state index contributed by atoms with van der Waals surface area (Å²) in [5, 5.41) is 9.28. The van der Waals surface area contributed by atoms with Crippen molar-refractivity contribution < 1.29 is 9.53 Å². The van der Waals surface area contributed by atoms with Gasteiger partial charge in [0, 0.05) is 39.1 Å². The van der Waals surface area contributed by atoms with Gasteiger partial charge in [0.25, 0.3) is 0 Å². The second kappa shape index (κ2) is 8.09. The molecule has 1 aromatic rings. The van der Waals surface area contributed by atoms with Crippen LogP contribution in [-0.4, -0.2) is 49.7 Å². The molecule has 5 heteroatoms. The van der Waals surface area contributed by atoms with E-state index in [9.17, 15) is 10.1 Å². The Balaban J connectivity index is 1.48. The first-order valence-corrected chi connectivity index (χ1v) is 9.79. The number of carbonyl (C=O) groups is 1. The molecule has 0 amide bonds. The minimum absolute atomic E-state index is 0.00503. The number of piperazine rings is 1. The van der Waals surface area contributed by atoms with Gasteiger partial charge in [-0.05, 0) is 31.4 Å². The molecule has 0 N–H and O–H groups in total. The van der Waals surface area contributed by atoms with Gasteiger partial charge < -0.3 is 9.64 Å². The summed E-state index contributed by atoms with van der Waals surface area (Å²) in [6.45, 7) is 8.96. The number of nitrogens with zero attached hydrogens (tertiary/aromatic N) is 3. The highest BCUT2D eigenvalue weighted by atomic mass is 16.6. The van der Waals surface area contributed by atoms with Gasteiger partial charge in [0.1, 0.15) is 12.2 Å². The number of para-hydroxylation sites is 1. The Hall–Kier alpha value is -2.06. The lowest BCUT2D eigenvalue weighted by molar-refractivity contribution is -0.149. The monoisotopic (exact) mass is 355 g/mol. The van der Waals surface area contributed by atoms with Crippen molar-refractivity contribution in [3.63, 3.8) is 0 Å². The normalized spacial score (nSPS) is 22.9. The summed E-state index contributed by atoms with van der Waals surface area (Å²) in [4.78, 5) is 16.9. The van der Waals surface area contributed by atoms with Crippen molar-refractivity contribution in [1.29, 1.82) is 5.26 Å². The molecule has 1 aromatic carbocycles. The summed E-state index contributed by atoms with van der Waals surface area (Å²) in [6.07, 6.45) is 3.60. The fourth-order valence-corrected chi connectivity index (χ4v) is 4.21. The van der Waals surface area contributed by atoms with E-state index in [1.807, 2.05) is 24.3 Å². The highest BCUT2D eigenvalue weighted by Crippen LogP contribution is 2.41. The Bertz CT molecular complexity index is 670. The van der Waals surface area contributed by atoms with Crippen LogP contribution >= 0.6 is 0 Å². The summed E-state index contributed by atoms with van der Waals surface area (Å²) in [5.41, 5.74) is 1.54. The van der Waals surface area contributed by atoms with E-state index in [0.717, 1.165) is 69.7 Å². The number of esters is 1. The Morgan fingerprint density at radius 1 is 1.19 bits per heavy atom. The molecule has 1 atom stereocenters. The van der Waals surface area contributed by atoms with E-state index < -0.39 is 0 Å². The molecule has 2 fully saturated rings. The van der Waals surface area contributed by atoms with Gasteiger partial charge in [0.05, 0.1) is 16.7 Å². The number of cyclic esters (lactones) is 1. The molecule has 0 unspecified atom stereocenters. The van der Waals surface area contributed by atoms with Crippen LogP contribution in [0.1, 0.15) is 45.1 Å². The maximum Gasteiger partial charge on any atom is 0.312 e. The molecular weight excluding hydrogens is 326 g/mol. The van der Waals surface area contributed by atoms with Gasteiger partial charge in [-0.1, -0.05) is 26.0 Å². The molecule has 2 heterocycles. The van der Waals surface area contributed by atoms with Gasteiger partial charge in [0.15, 0.2) is 0 Å². The zero-order chi connectivity index (χ0) is 18.6. The van der Waals surface area contributed by atoms with Crippen LogP contribution in [0.3, 0.4) is 0 Å². The molecule has 0 spiro atoms. The van der Waals surface area contributed by atoms with Crippen LogP contribution in [0.15, 0.2) is 24.3 Å². The predicted molar refractivity (Wildman–Crippen MR) is 102 cm³/mol. The lowest BCUT2D eigenvalue weighted by Gasteiger charge is -2.36. The Kier molecular flexibility index (Phi) is 5.83. The summed E-state index contributed by atoms with van der Waals surface area (Å²) >= 11 is 0. The Labute approximate surface area is 156 Å². The number of rotatable bonds is 6. The number of hydrogen-bond donors (Lipinski definition) is 0. The van der Waals surface area contributed by atoms with Crippen molar-refractivity contribution >= 4 is 11.7 Å². The smallest absolute Gasteiger partial charge is 0.312 e. The lowest BCUT2D eigenvalue weighted by Crippen LogP contribution is -2.47. The fraction of sp³-hybridized carbons (Fsp3) is 0.619. The van der Waals surface area contributed by atoms with Crippen molar-refractivity contribution in [1.82, 2.24) is 4.90 Å². The van der Waals surface area contributed by atoms with Gasteiger partial charge >= 0.3 is 5.97 Å². The summed E-state index contributed by atoms with van der Waals surface area (Å²) in [5.74, 6) is 0.00503. The topological polar surface area (TPSA) is 56.6 Å². The average Bonchev–Trinajstić information content (AvgIpc) is 3.02. The zero-order valence-corrected chi connectivity index (χ0v) is 15.9. The fourth-order valence-electron chi connectivity index (χ4n) is 4.21. The lowest BCUT2D eigenvalue weighted by atomic mass is 9.79. The van der Waals surface area contributed by atoms with E-state index in [1.54, 1.807) is 0 Å². The van der Waals surface area contributed by atoms with E-state index in [1.165, 1.54) is 0 Å². The van der Waals surface area contributed by atoms with Crippen LogP contribution in [0.4, 0.5) is 5.69 Å². The third-order valence-corrected chi connectivity index (χ3v) is 6.18. The van der Waals surface area contributed by atoms with Crippen LogP contribution in [0, 0.1) is 16.7 Å². The molecule has 0 aliphatic carbocycles. The molecule has 0 bridgehead atoms. The molecule has 2 saturated heterocycles. The molecule has 2 aliphatic heterocycles. The number of nitriles is 1. The average molecular weight is 355 g/mol. The summed E-state index contributed by atoms with van der Waals surface area (Å²) in [6, 6.07) is 10.1. The molecule has 0 radical (unpaired) electrons. The second-order valence-electron chi connectivity index (χ2n) is 7.47. The van der Waals surface area contributed by atoms with Crippen molar-refractivity contribution in [3.8, 4) is 6.07 Å². The summed E-state index contributed by atoms with van der Waals surface area (Å²) in [7, 11) is 0. The van der Waals surface area contributed by atoms with E-state index in [4.69, 9.17) is 4.74 Å². The number of hydrogen-bond acceptors (Lipinski definition) is 5. The summed E-state index contributed by atoms with van der Waals surface area (Å²) < 4.78 is 5.66. The van der Waals surface area contributed by atoms with Crippen molar-refractivity contribution in [2.75, 3.05) is 37.6 Å². The van der Waals surface area contributed by atoms with Crippen molar-refractivity contribution in [2.24, 2.45) is 5.41 Å². The van der Waals surface area contributed by atoms with Gasteiger partial charge in [-0.15, -0.1) is 0 Å². The number of carbonyl (C=O) groups excluding carboxylic acids is 1. The first kappa shape index (κ1) is 18.7. The largest absolute Gasteiger partial charge is 0.462 e. The Morgan fingerprint density at radius 3 is 2.50 bits per heavy atom. The first-order chi connectivity index (χ1) is 12.6. The van der Waals surface area contributed by atoms with Gasteiger partial charge in [-0.3, -0.25) is 9.69 Å². The van der Waals surface area contributed by atoms with Crippen LogP contribution in [0.25, 0.3) is 0 Å². The molecule has 5 nitrogen and oxygen atoms in total. The van der Waals surface area contributed by atoms with E-state index in [-0.39, 0.29) is 17.5 Å². The van der Waals surface area contributed by atoms with E-state index in [2.05, 4.69) is 29.7 Å². The molecule has 0 aromatic heterocycles. The molecule has 0 saturated carbocycles. The van der Waals surface area contributed by atoms with E-state index >= 15 is 0 Å². The quantitative estimate of drug-likeness (QED) is 0.734. The van der Waals surface area contributed by atoms with Gasteiger partial charge in [-0.2, -0.15) is 5.26 Å². The highest BCUT2D eigenvalue weighted by Gasteiger charge is 2.46. The minimum Gasteiger partial charge on any atom is -0.462 e. The van der Waals surface area contributed by atoms with Crippen LogP contribution in [-0.2, 0) is 9.53 Å². The van der Waals surface area contributed by atoms with Crippen LogP contribution in [0.5, 0.6) is 0 Å². The maximum absolute atomic E-state index is 12.2. The first-order valence-electron chi connectivity index (χ1n) is 9.79. The number of ether oxygens (including phenoxy) is 1. The molecule has 26 heavy (non-hydrogen) atoms. The zero-order valence-electron chi connectivity index (χ0n) is 15.9. The van der Waals surface area contributed by atoms with Crippen molar-refractivity contribution in [2.45, 2.75) is 45.6 Å². The molecule has 3 rings (SSSR count). The molecular formula is C21H29N3O2. The maximum atomic E-state index is 12.2. The van der Waals surface area contributed by atoms with E-state index in [0.29, 0.717) is 0 Å². The highest BCUT2D eigenvalue weighted by molar-refractivity contribution is 5.78. The van der Waals surface area contributed by atoms with Crippen LogP contribution < -0.4 is 4.90 Å². The third-order valence-electron chi connectivity index (χ3n) is 6.18. The Morgan fingerprint density at radius 2 is 1.88 bits per heavy atom. The number of anilines is 1. The minimum atomic E-state index is -0.246. The van der Waals surface area contributed by atoms with Gasteiger partial charge in [0.2, 0.25) is 0 Å². The standard InChI is InChI=1S/C21H29N3O2/c1-3-21(4-2)15-18(26-20(21)25)9-10-23-11-13-24(14-12-23)19-8-6-5-7-17(19)16-22/h5-8,18H,3-4,9-15H2,1-2H3/t18-/m1/s1. The molecule has 140 valence electrons. The predicted octanol–water partition coefficient (Wildman–Crippen LogP) is 3.19. The third kappa shape index (κ3) is 3.71. The number of benzene rings is 1. The second-order valence-corrected chi connectivity index (χ2v) is 7.47. The van der Waals surface area contributed by atoms with Crippen LogP contribution in [0.2, 0.25) is 0 Å². The van der Waals surface area contributed by atoms with Gasteiger partial charge in [-0.25, -0.2) is 0 Å².